The Kier molecular flexibility index (Phi) is 3.38. The van der Waals surface area contributed by atoms with Crippen molar-refractivity contribution in [1.29, 1.82) is 0 Å². The SMILES string of the molecule is CC1(CCCS(C)(=O)=O)CCCC1. The van der Waals surface area contributed by atoms with E-state index in [1.165, 1.54) is 31.9 Å². The molecule has 13 heavy (non-hydrogen) atoms. The van der Waals surface area contributed by atoms with Gasteiger partial charge in [-0.3, -0.25) is 0 Å². The molecule has 0 N–H and O–H groups in total. The highest BCUT2D eigenvalue weighted by atomic mass is 32.2. The molecule has 0 bridgehead atoms. The van der Waals surface area contributed by atoms with E-state index in [0.717, 1.165) is 12.8 Å². The van der Waals surface area contributed by atoms with Crippen molar-refractivity contribution in [2.45, 2.75) is 45.4 Å². The van der Waals surface area contributed by atoms with Gasteiger partial charge >= 0.3 is 0 Å². The Hall–Kier alpha value is -0.0500. The quantitative estimate of drug-likeness (QED) is 0.704. The highest BCUT2D eigenvalue weighted by Gasteiger charge is 2.27. The maximum atomic E-state index is 10.9. The molecule has 3 heteroatoms. The third-order valence-electron chi connectivity index (χ3n) is 3.11. The van der Waals surface area contributed by atoms with Crippen molar-refractivity contribution in [2.75, 3.05) is 12.0 Å². The Balaban J connectivity index is 2.26. The molecule has 0 saturated heterocycles. The average Bonchev–Trinajstić information content (AvgIpc) is 2.33. The number of sulfone groups is 1. The number of rotatable bonds is 4. The van der Waals surface area contributed by atoms with Crippen molar-refractivity contribution in [1.82, 2.24) is 0 Å². The van der Waals surface area contributed by atoms with Gasteiger partial charge in [0.2, 0.25) is 0 Å². The van der Waals surface area contributed by atoms with Crippen LogP contribution in [-0.2, 0) is 9.84 Å². The van der Waals surface area contributed by atoms with E-state index in [0.29, 0.717) is 11.2 Å². The van der Waals surface area contributed by atoms with Crippen molar-refractivity contribution in [2.24, 2.45) is 5.41 Å². The van der Waals surface area contributed by atoms with E-state index in [1.807, 2.05) is 0 Å². The summed E-state index contributed by atoms with van der Waals surface area (Å²) in [4.78, 5) is 0. The maximum absolute atomic E-state index is 10.9. The standard InChI is InChI=1S/C10H20O2S/c1-10(6-3-4-7-10)8-5-9-13(2,11)12/h3-9H2,1-2H3. The molecule has 0 spiro atoms. The van der Waals surface area contributed by atoms with E-state index in [-0.39, 0.29) is 0 Å². The number of hydrogen-bond donors (Lipinski definition) is 0. The molecular weight excluding hydrogens is 184 g/mol. The van der Waals surface area contributed by atoms with Gasteiger partial charge in [-0.05, 0) is 31.1 Å². The molecule has 0 amide bonds. The van der Waals surface area contributed by atoms with Gasteiger partial charge in [0.1, 0.15) is 9.84 Å². The summed E-state index contributed by atoms with van der Waals surface area (Å²) in [7, 11) is -2.74. The summed E-state index contributed by atoms with van der Waals surface area (Å²) in [6.07, 6.45) is 8.48. The first-order valence-corrected chi connectivity index (χ1v) is 7.15. The van der Waals surface area contributed by atoms with Crippen LogP contribution in [0.3, 0.4) is 0 Å². The molecular formula is C10H20O2S. The molecule has 1 saturated carbocycles. The lowest BCUT2D eigenvalue weighted by Crippen LogP contribution is -2.13. The first-order chi connectivity index (χ1) is 5.91. The van der Waals surface area contributed by atoms with Gasteiger partial charge in [-0.15, -0.1) is 0 Å². The van der Waals surface area contributed by atoms with Crippen molar-refractivity contribution in [3.05, 3.63) is 0 Å². The van der Waals surface area contributed by atoms with Gasteiger partial charge in [0.15, 0.2) is 0 Å². The summed E-state index contributed by atoms with van der Waals surface area (Å²) >= 11 is 0. The number of hydrogen-bond acceptors (Lipinski definition) is 2. The maximum Gasteiger partial charge on any atom is 0.147 e. The van der Waals surface area contributed by atoms with Crippen molar-refractivity contribution in [3.63, 3.8) is 0 Å². The van der Waals surface area contributed by atoms with Gasteiger partial charge in [0.25, 0.3) is 0 Å². The molecule has 78 valence electrons. The monoisotopic (exact) mass is 204 g/mol. The van der Waals surface area contributed by atoms with Crippen molar-refractivity contribution >= 4 is 9.84 Å². The predicted molar refractivity (Wildman–Crippen MR) is 55.5 cm³/mol. The molecule has 0 aliphatic heterocycles. The zero-order valence-electron chi connectivity index (χ0n) is 8.67. The zero-order chi connectivity index (χ0) is 9.95. The summed E-state index contributed by atoms with van der Waals surface area (Å²) < 4.78 is 21.8. The van der Waals surface area contributed by atoms with E-state index < -0.39 is 9.84 Å². The molecule has 1 aliphatic carbocycles. The van der Waals surface area contributed by atoms with Crippen LogP contribution in [0, 0.1) is 5.41 Å². The van der Waals surface area contributed by atoms with E-state index in [2.05, 4.69) is 6.92 Å². The zero-order valence-corrected chi connectivity index (χ0v) is 9.49. The second kappa shape index (κ2) is 3.99. The highest BCUT2D eigenvalue weighted by Crippen LogP contribution is 2.41. The average molecular weight is 204 g/mol. The van der Waals surface area contributed by atoms with Crippen LogP contribution in [0.1, 0.15) is 45.4 Å². The fourth-order valence-electron chi connectivity index (χ4n) is 2.24. The van der Waals surface area contributed by atoms with Gasteiger partial charge in [0.05, 0.1) is 0 Å². The fraction of sp³-hybridized carbons (Fsp3) is 1.00. The van der Waals surface area contributed by atoms with Crippen molar-refractivity contribution in [3.8, 4) is 0 Å². The van der Waals surface area contributed by atoms with Crippen LogP contribution in [0.2, 0.25) is 0 Å². The summed E-state index contributed by atoms with van der Waals surface area (Å²) in [5.74, 6) is 0.364. The molecule has 0 aromatic rings. The minimum atomic E-state index is -2.74. The minimum absolute atomic E-state index is 0.364. The summed E-state index contributed by atoms with van der Waals surface area (Å²) in [5, 5.41) is 0. The first-order valence-electron chi connectivity index (χ1n) is 5.09. The second-order valence-corrected chi connectivity index (χ2v) is 7.01. The molecule has 0 aromatic carbocycles. The van der Waals surface area contributed by atoms with Crippen LogP contribution in [0.5, 0.6) is 0 Å². The lowest BCUT2D eigenvalue weighted by atomic mass is 9.84. The lowest BCUT2D eigenvalue weighted by Gasteiger charge is -2.22. The molecule has 1 aliphatic rings. The topological polar surface area (TPSA) is 34.1 Å². The summed E-state index contributed by atoms with van der Waals surface area (Å²) in [6, 6.07) is 0. The highest BCUT2D eigenvalue weighted by molar-refractivity contribution is 7.90. The molecule has 1 fully saturated rings. The Morgan fingerprint density at radius 3 is 2.23 bits per heavy atom. The Bertz CT molecular complexity index is 248. The van der Waals surface area contributed by atoms with Gasteiger partial charge in [-0.25, -0.2) is 8.42 Å². The van der Waals surface area contributed by atoms with E-state index in [4.69, 9.17) is 0 Å². The van der Waals surface area contributed by atoms with E-state index >= 15 is 0 Å². The van der Waals surface area contributed by atoms with Crippen molar-refractivity contribution < 1.29 is 8.42 Å². The second-order valence-electron chi connectivity index (χ2n) is 4.75. The van der Waals surface area contributed by atoms with Crippen LogP contribution >= 0.6 is 0 Å². The van der Waals surface area contributed by atoms with Crippen LogP contribution in [0.15, 0.2) is 0 Å². The normalized spacial score (nSPS) is 22.0. The van der Waals surface area contributed by atoms with Gasteiger partial charge < -0.3 is 0 Å². The predicted octanol–water partition coefficient (Wildman–Crippen LogP) is 2.39. The van der Waals surface area contributed by atoms with E-state index in [9.17, 15) is 8.42 Å². The fourth-order valence-corrected chi connectivity index (χ4v) is 2.91. The van der Waals surface area contributed by atoms with Gasteiger partial charge in [-0.2, -0.15) is 0 Å². The van der Waals surface area contributed by atoms with Crippen LogP contribution < -0.4 is 0 Å². The smallest absolute Gasteiger partial charge is 0.147 e. The molecule has 0 radical (unpaired) electrons. The molecule has 2 nitrogen and oxygen atoms in total. The van der Waals surface area contributed by atoms with Crippen LogP contribution in [-0.4, -0.2) is 20.4 Å². The Morgan fingerprint density at radius 2 is 1.77 bits per heavy atom. The summed E-state index contributed by atoms with van der Waals surface area (Å²) in [5.41, 5.74) is 0.449. The molecule has 0 atom stereocenters. The molecule has 1 rings (SSSR count). The summed E-state index contributed by atoms with van der Waals surface area (Å²) in [6.45, 7) is 2.29. The third-order valence-corrected chi connectivity index (χ3v) is 4.14. The Labute approximate surface area is 81.6 Å². The first kappa shape index (κ1) is 11.0. The molecule has 0 unspecified atom stereocenters. The largest absolute Gasteiger partial charge is 0.229 e. The van der Waals surface area contributed by atoms with Crippen LogP contribution in [0.4, 0.5) is 0 Å². The Morgan fingerprint density at radius 1 is 1.23 bits per heavy atom. The molecule has 0 aromatic heterocycles. The van der Waals surface area contributed by atoms with Gasteiger partial charge in [-0.1, -0.05) is 19.8 Å². The lowest BCUT2D eigenvalue weighted by molar-refractivity contribution is 0.305. The molecule has 0 heterocycles. The van der Waals surface area contributed by atoms with E-state index in [1.54, 1.807) is 0 Å². The van der Waals surface area contributed by atoms with Gasteiger partial charge in [0, 0.05) is 12.0 Å². The minimum Gasteiger partial charge on any atom is -0.229 e. The third kappa shape index (κ3) is 4.12. The van der Waals surface area contributed by atoms with Crippen LogP contribution in [0.25, 0.3) is 0 Å².